The lowest BCUT2D eigenvalue weighted by atomic mass is 9.85. The molecule has 0 saturated heterocycles. The van der Waals surface area contributed by atoms with Gasteiger partial charge in [-0.25, -0.2) is 9.59 Å². The molecule has 0 amide bonds. The molecule has 0 fully saturated rings. The number of hydrogen-bond acceptors (Lipinski definition) is 4. The first-order valence-electron chi connectivity index (χ1n) is 7.83. The van der Waals surface area contributed by atoms with Crippen molar-refractivity contribution in [2.24, 2.45) is 5.41 Å². The number of ether oxygens (including phenoxy) is 2. The van der Waals surface area contributed by atoms with Crippen molar-refractivity contribution in [1.82, 2.24) is 0 Å². The molecule has 0 aliphatic rings. The number of esters is 2. The lowest BCUT2D eigenvalue weighted by Crippen LogP contribution is -2.21. The normalized spacial score (nSPS) is 12.7. The molecule has 0 aromatic rings. The molecule has 0 aliphatic carbocycles. The zero-order valence-electron chi connectivity index (χ0n) is 14.4. The van der Waals surface area contributed by atoms with Crippen LogP contribution in [0.2, 0.25) is 0 Å². The topological polar surface area (TPSA) is 52.6 Å². The quantitative estimate of drug-likeness (QED) is 0.501. The fraction of sp³-hybridized carbons (Fsp3) is 0.765. The van der Waals surface area contributed by atoms with E-state index < -0.39 is 11.9 Å². The summed E-state index contributed by atoms with van der Waals surface area (Å²) in [7, 11) is 0. The molecular formula is C17H30O4. The smallest absolute Gasteiger partial charge is 0.334 e. The number of hydrogen-bond donors (Lipinski definition) is 0. The zero-order chi connectivity index (χ0) is 16.5. The Labute approximate surface area is 128 Å². The molecule has 0 N–H and O–H groups in total. The molecule has 0 rings (SSSR count). The monoisotopic (exact) mass is 298 g/mol. The van der Waals surface area contributed by atoms with E-state index in [-0.39, 0.29) is 5.41 Å². The highest BCUT2D eigenvalue weighted by atomic mass is 16.5. The summed E-state index contributed by atoms with van der Waals surface area (Å²) in [5, 5.41) is 0. The maximum atomic E-state index is 12.2. The van der Waals surface area contributed by atoms with E-state index in [1.165, 1.54) is 0 Å². The average molecular weight is 298 g/mol. The maximum absolute atomic E-state index is 12.2. The molecule has 0 radical (unpaired) electrons. The predicted octanol–water partition coefficient (Wildman–Crippen LogP) is 4.04. The molecule has 21 heavy (non-hydrogen) atoms. The third-order valence-corrected chi connectivity index (χ3v) is 2.90. The van der Waals surface area contributed by atoms with Gasteiger partial charge in [-0.05, 0) is 38.5 Å². The molecule has 0 aromatic heterocycles. The summed E-state index contributed by atoms with van der Waals surface area (Å²) in [6, 6.07) is 0. The number of rotatable bonds is 8. The summed E-state index contributed by atoms with van der Waals surface area (Å²) in [4.78, 5) is 24.4. The van der Waals surface area contributed by atoms with Gasteiger partial charge in [0.25, 0.3) is 0 Å². The first-order valence-corrected chi connectivity index (χ1v) is 7.83. The van der Waals surface area contributed by atoms with Crippen molar-refractivity contribution in [1.29, 1.82) is 0 Å². The van der Waals surface area contributed by atoms with Gasteiger partial charge < -0.3 is 9.47 Å². The van der Waals surface area contributed by atoms with Crippen LogP contribution in [0.25, 0.3) is 0 Å². The van der Waals surface area contributed by atoms with Gasteiger partial charge in [-0.3, -0.25) is 0 Å². The van der Waals surface area contributed by atoms with Crippen LogP contribution in [0.5, 0.6) is 0 Å². The summed E-state index contributed by atoms with van der Waals surface area (Å²) >= 11 is 0. The van der Waals surface area contributed by atoms with Gasteiger partial charge in [0.05, 0.1) is 13.2 Å². The van der Waals surface area contributed by atoms with Gasteiger partial charge in [-0.1, -0.05) is 34.1 Å². The Kier molecular flexibility index (Phi) is 8.98. The second-order valence-corrected chi connectivity index (χ2v) is 6.24. The molecule has 4 heteroatoms. The van der Waals surface area contributed by atoms with Crippen LogP contribution in [-0.2, 0) is 19.1 Å². The number of carbonyl (C=O) groups excluding carboxylic acids is 2. The van der Waals surface area contributed by atoms with Gasteiger partial charge in [0.15, 0.2) is 0 Å². The van der Waals surface area contributed by atoms with Gasteiger partial charge in [0.1, 0.15) is 0 Å². The van der Waals surface area contributed by atoms with E-state index in [1.807, 2.05) is 20.8 Å². The Morgan fingerprint density at radius 1 is 0.857 bits per heavy atom. The molecule has 122 valence electrons. The van der Waals surface area contributed by atoms with Crippen LogP contribution in [0.4, 0.5) is 0 Å². The fourth-order valence-corrected chi connectivity index (χ4v) is 2.00. The minimum absolute atomic E-state index is 0.105. The van der Waals surface area contributed by atoms with Crippen molar-refractivity contribution in [3.63, 3.8) is 0 Å². The molecule has 0 bridgehead atoms. The summed E-state index contributed by atoms with van der Waals surface area (Å²) < 4.78 is 10.3. The van der Waals surface area contributed by atoms with Gasteiger partial charge in [0, 0.05) is 11.1 Å². The van der Waals surface area contributed by atoms with Crippen LogP contribution in [0.15, 0.2) is 11.1 Å². The Morgan fingerprint density at radius 2 is 1.33 bits per heavy atom. The van der Waals surface area contributed by atoms with E-state index in [0.29, 0.717) is 37.2 Å². The minimum atomic E-state index is -0.397. The highest BCUT2D eigenvalue weighted by Crippen LogP contribution is 2.29. The molecule has 0 unspecified atom stereocenters. The first kappa shape index (κ1) is 19.7. The van der Waals surface area contributed by atoms with Crippen molar-refractivity contribution in [2.45, 2.75) is 67.2 Å². The van der Waals surface area contributed by atoms with Crippen LogP contribution < -0.4 is 0 Å². The summed E-state index contributed by atoms with van der Waals surface area (Å²) in [5.41, 5.74) is 0.842. The Morgan fingerprint density at radius 3 is 1.71 bits per heavy atom. The van der Waals surface area contributed by atoms with Crippen molar-refractivity contribution in [2.75, 3.05) is 13.2 Å². The molecule has 0 saturated carbocycles. The van der Waals surface area contributed by atoms with Crippen LogP contribution in [0.1, 0.15) is 67.2 Å². The van der Waals surface area contributed by atoms with Crippen LogP contribution in [-0.4, -0.2) is 25.2 Å². The van der Waals surface area contributed by atoms with E-state index in [0.717, 1.165) is 12.8 Å². The Hall–Kier alpha value is -1.32. The van der Waals surface area contributed by atoms with Crippen molar-refractivity contribution in [3.05, 3.63) is 11.1 Å². The zero-order valence-corrected chi connectivity index (χ0v) is 14.4. The molecule has 0 aromatic carbocycles. The summed E-state index contributed by atoms with van der Waals surface area (Å²) in [6.45, 7) is 12.3. The molecule has 0 heterocycles. The maximum Gasteiger partial charge on any atom is 0.334 e. The molecular weight excluding hydrogens is 268 g/mol. The largest absolute Gasteiger partial charge is 0.463 e. The van der Waals surface area contributed by atoms with E-state index in [4.69, 9.17) is 9.47 Å². The number of unbranched alkanes of at least 4 members (excludes halogenated alkanes) is 1. The fourth-order valence-electron chi connectivity index (χ4n) is 2.00. The second-order valence-electron chi connectivity index (χ2n) is 6.24. The van der Waals surface area contributed by atoms with E-state index >= 15 is 0 Å². The minimum Gasteiger partial charge on any atom is -0.463 e. The third kappa shape index (κ3) is 7.88. The predicted molar refractivity (Wildman–Crippen MR) is 83.9 cm³/mol. The highest BCUT2D eigenvalue weighted by molar-refractivity contribution is 6.00. The number of carbonyl (C=O) groups is 2. The van der Waals surface area contributed by atoms with Gasteiger partial charge in [-0.15, -0.1) is 0 Å². The Balaban J connectivity index is 5.62. The molecule has 0 atom stereocenters. The summed E-state index contributed by atoms with van der Waals surface area (Å²) in [6.07, 6.45) is 2.86. The van der Waals surface area contributed by atoms with Crippen molar-refractivity contribution < 1.29 is 19.1 Å². The average Bonchev–Trinajstić information content (AvgIpc) is 2.37. The SMILES string of the molecule is CCCCC(C(=O)OCC)=C(CC(C)(C)C)C(=O)OCC. The van der Waals surface area contributed by atoms with E-state index in [2.05, 4.69) is 6.92 Å². The van der Waals surface area contributed by atoms with Gasteiger partial charge >= 0.3 is 11.9 Å². The second kappa shape index (κ2) is 9.59. The van der Waals surface area contributed by atoms with E-state index in [1.54, 1.807) is 13.8 Å². The molecule has 0 spiro atoms. The van der Waals surface area contributed by atoms with Crippen molar-refractivity contribution in [3.8, 4) is 0 Å². The van der Waals surface area contributed by atoms with E-state index in [9.17, 15) is 9.59 Å². The van der Waals surface area contributed by atoms with Crippen LogP contribution in [0, 0.1) is 5.41 Å². The highest BCUT2D eigenvalue weighted by Gasteiger charge is 2.26. The lowest BCUT2D eigenvalue weighted by Gasteiger charge is -2.22. The van der Waals surface area contributed by atoms with Crippen LogP contribution >= 0.6 is 0 Å². The standard InChI is InChI=1S/C17H30O4/c1-7-10-11-13(15(18)20-8-2)14(12-17(4,5)6)16(19)21-9-3/h7-12H2,1-6H3. The van der Waals surface area contributed by atoms with Gasteiger partial charge in [0.2, 0.25) is 0 Å². The first-order chi connectivity index (χ1) is 9.76. The van der Waals surface area contributed by atoms with Gasteiger partial charge in [-0.2, -0.15) is 0 Å². The Bertz CT molecular complexity index is 375. The summed E-state index contributed by atoms with van der Waals surface area (Å²) in [5.74, 6) is -0.787. The van der Waals surface area contributed by atoms with Crippen molar-refractivity contribution >= 4 is 11.9 Å². The lowest BCUT2D eigenvalue weighted by molar-refractivity contribution is -0.142. The third-order valence-electron chi connectivity index (χ3n) is 2.90. The molecule has 0 aliphatic heterocycles. The van der Waals surface area contributed by atoms with Crippen LogP contribution in [0.3, 0.4) is 0 Å². The molecule has 4 nitrogen and oxygen atoms in total.